The number of phenols is 1. The molecule has 4 atom stereocenters. The number of aliphatic hydroxyl groups excluding tert-OH is 2. The molecule has 41 heavy (non-hydrogen) atoms. The monoisotopic (exact) mass is 572 g/mol. The predicted octanol–water partition coefficient (Wildman–Crippen LogP) is -0.200. The molecule has 220 valence electrons. The molecule has 1 aromatic rings. The standard InChI is InChI=1S/C28H33FN4O8/c1-32(2)21-15-8-12-7-14-18(16(34)9-13(20(14)29)10-33-5-3-11(4-6-33)26(30)39)22(35)17(12)24(37)28(15,41)25(38)19(23(21)36)27(31)40/h9,11-12,15,21,34-35,38,41H,3-8,10H2,1-2H3,(H2,30,39)(H2,31,40)/t12-,15-,21-,28-/m0/s1. The second-order valence-corrected chi connectivity index (χ2v) is 11.6. The van der Waals surface area contributed by atoms with Crippen LogP contribution < -0.4 is 11.5 Å². The van der Waals surface area contributed by atoms with E-state index in [-0.39, 0.29) is 53.5 Å². The van der Waals surface area contributed by atoms with Crippen LogP contribution >= 0.6 is 0 Å². The van der Waals surface area contributed by atoms with Gasteiger partial charge in [0.05, 0.1) is 11.6 Å². The van der Waals surface area contributed by atoms with Crippen LogP contribution in [-0.4, -0.2) is 92.4 Å². The number of amides is 2. The Morgan fingerprint density at radius 3 is 2.34 bits per heavy atom. The molecule has 1 saturated heterocycles. The molecule has 1 saturated carbocycles. The molecule has 13 heteroatoms. The van der Waals surface area contributed by atoms with Gasteiger partial charge in [-0.05, 0) is 64.9 Å². The van der Waals surface area contributed by atoms with Crippen LogP contribution in [0.1, 0.15) is 36.0 Å². The van der Waals surface area contributed by atoms with E-state index in [1.165, 1.54) is 25.1 Å². The van der Waals surface area contributed by atoms with Crippen molar-refractivity contribution in [1.82, 2.24) is 9.80 Å². The summed E-state index contributed by atoms with van der Waals surface area (Å²) in [5, 5.41) is 44.6. The first kappa shape index (κ1) is 28.7. The van der Waals surface area contributed by atoms with Gasteiger partial charge in [0, 0.05) is 35.1 Å². The van der Waals surface area contributed by atoms with Crippen LogP contribution in [0.25, 0.3) is 5.76 Å². The molecular formula is C28H33FN4O8. The minimum absolute atomic E-state index is 0.0161. The number of carbonyl (C=O) groups excluding carboxylic acids is 4. The SMILES string of the molecule is CN(C)[C@@H]1C(=O)C(C(N)=O)=C(O)[C@@]2(O)C(=O)C3=C(O)c4c(O)cc(CN5CCC(C(N)=O)CC5)c(F)c4C[C@H]3C[C@@H]12. The molecule has 0 unspecified atom stereocenters. The summed E-state index contributed by atoms with van der Waals surface area (Å²) in [5.74, 6) is -9.14. The third kappa shape index (κ3) is 4.21. The van der Waals surface area contributed by atoms with Gasteiger partial charge in [0.2, 0.25) is 11.7 Å². The van der Waals surface area contributed by atoms with E-state index in [1.54, 1.807) is 0 Å². The van der Waals surface area contributed by atoms with Gasteiger partial charge in [-0.2, -0.15) is 0 Å². The van der Waals surface area contributed by atoms with Crippen molar-refractivity contribution in [2.45, 2.75) is 43.9 Å². The van der Waals surface area contributed by atoms with E-state index < -0.39 is 69.6 Å². The molecule has 8 N–H and O–H groups in total. The van der Waals surface area contributed by atoms with E-state index in [1.807, 2.05) is 4.90 Å². The second-order valence-electron chi connectivity index (χ2n) is 11.6. The molecule has 0 radical (unpaired) electrons. The van der Waals surface area contributed by atoms with Crippen molar-refractivity contribution in [3.8, 4) is 5.75 Å². The lowest BCUT2D eigenvalue weighted by atomic mass is 9.57. The normalized spacial score (nSPS) is 29.0. The highest BCUT2D eigenvalue weighted by Gasteiger charge is 2.64. The molecule has 0 aromatic heterocycles. The molecule has 1 aliphatic heterocycles. The van der Waals surface area contributed by atoms with Gasteiger partial charge >= 0.3 is 0 Å². The number of halogens is 1. The fourth-order valence-corrected chi connectivity index (χ4v) is 7.08. The minimum atomic E-state index is -2.75. The molecular weight excluding hydrogens is 539 g/mol. The number of phenolic OH excluding ortho intramolecular Hbond substituents is 1. The number of ketones is 2. The first-order chi connectivity index (χ1) is 19.2. The first-order valence-electron chi connectivity index (χ1n) is 13.4. The number of nitrogens with zero attached hydrogens (tertiary/aromatic N) is 2. The lowest BCUT2D eigenvalue weighted by Gasteiger charge is -2.50. The van der Waals surface area contributed by atoms with Crippen LogP contribution in [0, 0.1) is 23.6 Å². The van der Waals surface area contributed by atoms with Gasteiger partial charge in [-0.25, -0.2) is 4.39 Å². The number of Topliss-reactive ketones (excluding diaryl/α,β-unsaturated/α-hetero) is 2. The van der Waals surface area contributed by atoms with Gasteiger partial charge in [0.15, 0.2) is 11.4 Å². The first-order valence-corrected chi connectivity index (χ1v) is 13.4. The lowest BCUT2D eigenvalue weighted by Crippen LogP contribution is -2.65. The number of likely N-dealkylation sites (N-methyl/N-ethyl adjacent to an activating group) is 1. The zero-order chi connectivity index (χ0) is 30.1. The highest BCUT2D eigenvalue weighted by Crippen LogP contribution is 2.53. The average molecular weight is 573 g/mol. The Bertz CT molecular complexity index is 1440. The fraction of sp³-hybridized carbons (Fsp3) is 0.500. The molecule has 1 heterocycles. The molecule has 5 rings (SSSR count). The van der Waals surface area contributed by atoms with Crippen molar-refractivity contribution in [3.05, 3.63) is 45.5 Å². The Labute approximate surface area is 234 Å². The van der Waals surface area contributed by atoms with Crippen LogP contribution in [0.2, 0.25) is 0 Å². The van der Waals surface area contributed by atoms with Gasteiger partial charge in [-0.3, -0.25) is 29.0 Å². The summed E-state index contributed by atoms with van der Waals surface area (Å²) in [6, 6.07) is -0.0550. The topological polar surface area (TPSA) is 208 Å². The third-order valence-electron chi connectivity index (χ3n) is 9.11. The summed E-state index contributed by atoms with van der Waals surface area (Å²) in [6.45, 7) is 1.14. The molecule has 0 spiro atoms. The lowest BCUT2D eigenvalue weighted by molar-refractivity contribution is -0.153. The van der Waals surface area contributed by atoms with Gasteiger partial charge in [0.25, 0.3) is 5.91 Å². The molecule has 12 nitrogen and oxygen atoms in total. The minimum Gasteiger partial charge on any atom is -0.508 e. The van der Waals surface area contributed by atoms with Gasteiger partial charge < -0.3 is 31.9 Å². The number of likely N-dealkylation sites (tertiary alicyclic amines) is 1. The summed E-state index contributed by atoms with van der Waals surface area (Å²) in [5.41, 5.74) is 6.57. The van der Waals surface area contributed by atoms with Crippen molar-refractivity contribution in [2.75, 3.05) is 27.2 Å². The molecule has 1 aromatic carbocycles. The number of aromatic hydroxyl groups is 1. The van der Waals surface area contributed by atoms with E-state index in [9.17, 15) is 39.6 Å². The number of piperidine rings is 1. The average Bonchev–Trinajstić information content (AvgIpc) is 2.89. The van der Waals surface area contributed by atoms with E-state index in [0.29, 0.717) is 25.9 Å². The number of carbonyl (C=O) groups is 4. The summed E-state index contributed by atoms with van der Waals surface area (Å²) in [4.78, 5) is 53.9. The quantitative estimate of drug-likeness (QED) is 0.256. The van der Waals surface area contributed by atoms with Gasteiger partial charge in [-0.15, -0.1) is 0 Å². The summed E-state index contributed by atoms with van der Waals surface area (Å²) in [7, 11) is 3.01. The van der Waals surface area contributed by atoms with Crippen molar-refractivity contribution < 1.29 is 44.0 Å². The Morgan fingerprint density at radius 1 is 1.15 bits per heavy atom. The van der Waals surface area contributed by atoms with Gasteiger partial charge in [-0.1, -0.05) is 0 Å². The molecule has 4 aliphatic rings. The molecule has 3 aliphatic carbocycles. The van der Waals surface area contributed by atoms with Crippen LogP contribution in [0.5, 0.6) is 5.75 Å². The van der Waals surface area contributed by atoms with Crippen LogP contribution in [0.4, 0.5) is 4.39 Å². The van der Waals surface area contributed by atoms with Crippen LogP contribution in [-0.2, 0) is 32.1 Å². The maximum atomic E-state index is 16.0. The van der Waals surface area contributed by atoms with Crippen LogP contribution in [0.15, 0.2) is 23.0 Å². The Balaban J connectivity index is 1.56. The third-order valence-corrected chi connectivity index (χ3v) is 9.11. The summed E-state index contributed by atoms with van der Waals surface area (Å²) < 4.78 is 16.0. The zero-order valence-corrected chi connectivity index (χ0v) is 22.7. The van der Waals surface area contributed by atoms with Crippen molar-refractivity contribution in [2.24, 2.45) is 29.2 Å². The van der Waals surface area contributed by atoms with Crippen molar-refractivity contribution in [3.63, 3.8) is 0 Å². The Morgan fingerprint density at radius 2 is 1.78 bits per heavy atom. The molecule has 2 fully saturated rings. The highest BCUT2D eigenvalue weighted by molar-refractivity contribution is 6.24. The van der Waals surface area contributed by atoms with E-state index >= 15 is 4.39 Å². The second kappa shape index (κ2) is 9.93. The number of nitrogens with two attached hydrogens (primary N) is 2. The number of hydrogen-bond donors (Lipinski definition) is 6. The summed E-state index contributed by atoms with van der Waals surface area (Å²) in [6.07, 6.45) is 0.794. The Kier molecular flexibility index (Phi) is 6.95. The number of rotatable bonds is 5. The maximum Gasteiger partial charge on any atom is 0.255 e. The largest absolute Gasteiger partial charge is 0.508 e. The number of benzene rings is 1. The van der Waals surface area contributed by atoms with Crippen LogP contribution in [0.3, 0.4) is 0 Å². The number of hydrogen-bond acceptors (Lipinski definition) is 10. The molecule has 2 amide bonds. The highest BCUT2D eigenvalue weighted by atomic mass is 19.1. The van der Waals surface area contributed by atoms with E-state index in [2.05, 4.69) is 0 Å². The fourth-order valence-electron chi connectivity index (χ4n) is 7.08. The van der Waals surface area contributed by atoms with Crippen molar-refractivity contribution >= 4 is 29.1 Å². The number of primary amides is 2. The summed E-state index contributed by atoms with van der Waals surface area (Å²) >= 11 is 0. The van der Waals surface area contributed by atoms with E-state index in [0.717, 1.165) is 0 Å². The van der Waals surface area contributed by atoms with E-state index in [4.69, 9.17) is 11.5 Å². The maximum absolute atomic E-state index is 16.0. The molecule has 0 bridgehead atoms. The predicted molar refractivity (Wildman–Crippen MR) is 141 cm³/mol. The zero-order valence-electron chi connectivity index (χ0n) is 22.7. The number of fused-ring (bicyclic) bond motifs is 3. The smallest absolute Gasteiger partial charge is 0.255 e. The number of aliphatic hydroxyl groups is 3. The van der Waals surface area contributed by atoms with Gasteiger partial charge in [0.1, 0.15) is 28.7 Å². The Hall–Kier alpha value is -3.81. The van der Waals surface area contributed by atoms with Crippen molar-refractivity contribution in [1.29, 1.82) is 0 Å².